The van der Waals surface area contributed by atoms with Gasteiger partial charge in [-0.15, -0.1) is 5.10 Å². The van der Waals surface area contributed by atoms with Crippen LogP contribution in [0.2, 0.25) is 5.02 Å². The molecule has 0 spiro atoms. The van der Waals surface area contributed by atoms with Gasteiger partial charge in [0.25, 0.3) is 0 Å². The largest absolute Gasteiger partial charge is 0.387 e. The summed E-state index contributed by atoms with van der Waals surface area (Å²) in [7, 11) is 0. The van der Waals surface area contributed by atoms with Gasteiger partial charge in [0.2, 0.25) is 5.95 Å². The van der Waals surface area contributed by atoms with Crippen molar-refractivity contribution in [1.82, 2.24) is 20.1 Å². The second kappa shape index (κ2) is 6.64. The molecular weight excluding hydrogens is 302 g/mol. The number of aromatic amines is 1. The molecule has 1 aliphatic heterocycles. The fourth-order valence-corrected chi connectivity index (χ4v) is 2.76. The van der Waals surface area contributed by atoms with E-state index in [-0.39, 0.29) is 0 Å². The second-order valence-electron chi connectivity index (χ2n) is 5.58. The van der Waals surface area contributed by atoms with E-state index in [0.29, 0.717) is 11.6 Å². The molecule has 0 amide bonds. The van der Waals surface area contributed by atoms with Crippen LogP contribution in [0, 0.1) is 6.92 Å². The van der Waals surface area contributed by atoms with Gasteiger partial charge in [-0.25, -0.2) is 0 Å². The van der Waals surface area contributed by atoms with Gasteiger partial charge in [0, 0.05) is 37.7 Å². The van der Waals surface area contributed by atoms with Crippen LogP contribution >= 0.6 is 11.6 Å². The first kappa shape index (κ1) is 15.3. The molecule has 1 aromatic heterocycles. The SMILES string of the molecule is Cc1nc(N2CCN(C[C@H](O)c3ccc(Cl)cc3)CC2)n[nH]1. The maximum atomic E-state index is 10.3. The van der Waals surface area contributed by atoms with Gasteiger partial charge >= 0.3 is 0 Å². The summed E-state index contributed by atoms with van der Waals surface area (Å²) in [6.45, 7) is 6.03. The molecule has 0 aliphatic carbocycles. The molecule has 118 valence electrons. The third-order valence-electron chi connectivity index (χ3n) is 3.93. The molecule has 0 radical (unpaired) electrons. The number of piperazine rings is 1. The standard InChI is InChI=1S/C15H20ClN5O/c1-11-17-15(19-18-11)21-8-6-20(7-9-21)10-14(22)12-2-4-13(16)5-3-12/h2-5,14,22H,6-10H2,1H3,(H,17,18,19)/t14-/m0/s1. The minimum absolute atomic E-state index is 0.491. The zero-order valence-electron chi connectivity index (χ0n) is 12.5. The van der Waals surface area contributed by atoms with E-state index in [1.54, 1.807) is 0 Å². The molecule has 1 aliphatic rings. The van der Waals surface area contributed by atoms with Crippen molar-refractivity contribution in [2.75, 3.05) is 37.6 Å². The molecule has 0 unspecified atom stereocenters. The van der Waals surface area contributed by atoms with Crippen LogP contribution in [0.1, 0.15) is 17.5 Å². The average molecular weight is 322 g/mol. The van der Waals surface area contributed by atoms with Crippen LogP contribution in [0.15, 0.2) is 24.3 Å². The number of H-pyrrole nitrogens is 1. The van der Waals surface area contributed by atoms with E-state index >= 15 is 0 Å². The van der Waals surface area contributed by atoms with Crippen LogP contribution < -0.4 is 4.90 Å². The number of hydrogen-bond donors (Lipinski definition) is 2. The van der Waals surface area contributed by atoms with Gasteiger partial charge in [-0.2, -0.15) is 4.98 Å². The molecule has 2 N–H and O–H groups in total. The smallest absolute Gasteiger partial charge is 0.244 e. The number of nitrogens with zero attached hydrogens (tertiary/aromatic N) is 4. The summed E-state index contributed by atoms with van der Waals surface area (Å²) in [4.78, 5) is 8.78. The number of aliphatic hydroxyl groups excluding tert-OH is 1. The maximum absolute atomic E-state index is 10.3. The number of anilines is 1. The Morgan fingerprint density at radius 1 is 1.23 bits per heavy atom. The lowest BCUT2D eigenvalue weighted by molar-refractivity contribution is 0.109. The molecular formula is C15H20ClN5O. The first-order valence-electron chi connectivity index (χ1n) is 7.41. The average Bonchev–Trinajstić information content (AvgIpc) is 2.95. The number of halogens is 1. The van der Waals surface area contributed by atoms with Gasteiger partial charge in [0.15, 0.2) is 0 Å². The third kappa shape index (κ3) is 3.58. The quantitative estimate of drug-likeness (QED) is 0.895. The van der Waals surface area contributed by atoms with Crippen LogP contribution in [-0.2, 0) is 0 Å². The van der Waals surface area contributed by atoms with Gasteiger partial charge in [-0.1, -0.05) is 23.7 Å². The molecule has 1 atom stereocenters. The number of rotatable bonds is 4. The number of benzene rings is 1. The van der Waals surface area contributed by atoms with Crippen molar-refractivity contribution in [1.29, 1.82) is 0 Å². The van der Waals surface area contributed by atoms with E-state index in [1.165, 1.54) is 0 Å². The molecule has 3 rings (SSSR count). The van der Waals surface area contributed by atoms with E-state index in [0.717, 1.165) is 43.5 Å². The van der Waals surface area contributed by atoms with Crippen LogP contribution in [-0.4, -0.2) is 57.9 Å². The molecule has 2 heterocycles. The van der Waals surface area contributed by atoms with Crippen molar-refractivity contribution in [3.05, 3.63) is 40.7 Å². The fraction of sp³-hybridized carbons (Fsp3) is 0.467. The Bertz CT molecular complexity index is 607. The van der Waals surface area contributed by atoms with Gasteiger partial charge in [0.1, 0.15) is 5.82 Å². The minimum Gasteiger partial charge on any atom is -0.387 e. The summed E-state index contributed by atoms with van der Waals surface area (Å²) < 4.78 is 0. The summed E-state index contributed by atoms with van der Waals surface area (Å²) in [6.07, 6.45) is -0.491. The molecule has 7 heteroatoms. The molecule has 1 aromatic carbocycles. The summed E-state index contributed by atoms with van der Waals surface area (Å²) in [6, 6.07) is 7.37. The van der Waals surface area contributed by atoms with Crippen molar-refractivity contribution < 1.29 is 5.11 Å². The lowest BCUT2D eigenvalue weighted by Gasteiger charge is -2.35. The van der Waals surface area contributed by atoms with E-state index in [9.17, 15) is 5.11 Å². The van der Waals surface area contributed by atoms with Gasteiger partial charge < -0.3 is 10.0 Å². The number of aryl methyl sites for hydroxylation is 1. The summed E-state index contributed by atoms with van der Waals surface area (Å²) in [5, 5.41) is 18.1. The number of hydrogen-bond acceptors (Lipinski definition) is 5. The molecule has 0 saturated carbocycles. The Morgan fingerprint density at radius 3 is 2.50 bits per heavy atom. The predicted octanol–water partition coefficient (Wildman–Crippen LogP) is 1.62. The summed E-state index contributed by atoms with van der Waals surface area (Å²) in [5.41, 5.74) is 0.899. The topological polar surface area (TPSA) is 68.3 Å². The minimum atomic E-state index is -0.491. The normalized spacial score (nSPS) is 17.7. The monoisotopic (exact) mass is 321 g/mol. The zero-order valence-corrected chi connectivity index (χ0v) is 13.3. The molecule has 1 saturated heterocycles. The number of aromatic nitrogens is 3. The van der Waals surface area contributed by atoms with E-state index in [1.807, 2.05) is 31.2 Å². The Labute approximate surface area is 134 Å². The summed E-state index contributed by atoms with van der Waals surface area (Å²) in [5.74, 6) is 1.59. The molecule has 1 fully saturated rings. The predicted molar refractivity (Wildman–Crippen MR) is 86.2 cm³/mol. The highest BCUT2D eigenvalue weighted by molar-refractivity contribution is 6.30. The van der Waals surface area contributed by atoms with Crippen LogP contribution in [0.3, 0.4) is 0 Å². The summed E-state index contributed by atoms with van der Waals surface area (Å²) >= 11 is 5.87. The Morgan fingerprint density at radius 2 is 1.91 bits per heavy atom. The van der Waals surface area contributed by atoms with E-state index in [4.69, 9.17) is 11.6 Å². The third-order valence-corrected chi connectivity index (χ3v) is 4.18. The van der Waals surface area contributed by atoms with Gasteiger partial charge in [0.05, 0.1) is 6.10 Å². The molecule has 2 aromatic rings. The highest BCUT2D eigenvalue weighted by Gasteiger charge is 2.21. The van der Waals surface area contributed by atoms with Crippen LogP contribution in [0.25, 0.3) is 0 Å². The molecule has 6 nitrogen and oxygen atoms in total. The van der Waals surface area contributed by atoms with Crippen LogP contribution in [0.4, 0.5) is 5.95 Å². The molecule has 22 heavy (non-hydrogen) atoms. The van der Waals surface area contributed by atoms with Crippen molar-refractivity contribution in [2.45, 2.75) is 13.0 Å². The number of β-amino-alcohol motifs (C(OH)–C–C–N with tert-alkyl or cyclic N) is 1. The van der Waals surface area contributed by atoms with Crippen molar-refractivity contribution in [3.8, 4) is 0 Å². The second-order valence-corrected chi connectivity index (χ2v) is 6.01. The highest BCUT2D eigenvalue weighted by atomic mass is 35.5. The van der Waals surface area contributed by atoms with Crippen molar-refractivity contribution >= 4 is 17.5 Å². The zero-order chi connectivity index (χ0) is 15.5. The van der Waals surface area contributed by atoms with E-state index in [2.05, 4.69) is 25.0 Å². The van der Waals surface area contributed by atoms with E-state index < -0.39 is 6.10 Å². The van der Waals surface area contributed by atoms with Crippen LogP contribution in [0.5, 0.6) is 0 Å². The Kier molecular flexibility index (Phi) is 4.61. The van der Waals surface area contributed by atoms with Gasteiger partial charge in [-0.05, 0) is 24.6 Å². The van der Waals surface area contributed by atoms with Crippen molar-refractivity contribution in [2.24, 2.45) is 0 Å². The lowest BCUT2D eigenvalue weighted by Crippen LogP contribution is -2.48. The Balaban J connectivity index is 1.52. The number of aliphatic hydroxyl groups is 1. The first-order valence-corrected chi connectivity index (χ1v) is 7.79. The highest BCUT2D eigenvalue weighted by Crippen LogP contribution is 2.19. The number of nitrogens with one attached hydrogen (secondary N) is 1. The first-order chi connectivity index (χ1) is 10.6. The Hall–Kier alpha value is -1.63. The maximum Gasteiger partial charge on any atom is 0.244 e. The van der Waals surface area contributed by atoms with Crippen molar-refractivity contribution in [3.63, 3.8) is 0 Å². The van der Waals surface area contributed by atoms with Gasteiger partial charge in [-0.3, -0.25) is 10.00 Å². The lowest BCUT2D eigenvalue weighted by atomic mass is 10.1. The fourth-order valence-electron chi connectivity index (χ4n) is 2.64. The molecule has 0 bridgehead atoms.